The molecule has 0 aliphatic heterocycles. The minimum Gasteiger partial charge on any atom is -0.323 e. The van der Waals surface area contributed by atoms with Crippen LogP contribution in [0.2, 0.25) is 5.02 Å². The number of anilines is 2. The maximum atomic E-state index is 11.8. The number of nitrogens with one attached hydrogen (secondary N) is 2. The summed E-state index contributed by atoms with van der Waals surface area (Å²) in [6.07, 6.45) is 4.12. The van der Waals surface area contributed by atoms with Gasteiger partial charge in [0.15, 0.2) is 0 Å². The highest BCUT2D eigenvalue weighted by atomic mass is 35.5. The number of carbonyl (C=O) groups is 1. The number of rotatable bonds is 5. The van der Waals surface area contributed by atoms with Gasteiger partial charge < -0.3 is 5.32 Å². The largest absolute Gasteiger partial charge is 0.323 e. The maximum Gasteiger partial charge on any atom is 0.248 e. The van der Waals surface area contributed by atoms with Crippen molar-refractivity contribution < 1.29 is 13.2 Å². The van der Waals surface area contributed by atoms with Crippen molar-refractivity contribution in [2.75, 3.05) is 16.3 Å². The summed E-state index contributed by atoms with van der Waals surface area (Å²) in [5.41, 5.74) is 1.89. The third kappa shape index (κ3) is 6.14. The molecule has 1 amide bonds. The molecule has 7 heteroatoms. The van der Waals surface area contributed by atoms with Gasteiger partial charge in [0.1, 0.15) is 0 Å². The van der Waals surface area contributed by atoms with Crippen LogP contribution in [0.5, 0.6) is 0 Å². The summed E-state index contributed by atoms with van der Waals surface area (Å²) >= 11 is 5.77. The smallest absolute Gasteiger partial charge is 0.248 e. The zero-order valence-corrected chi connectivity index (χ0v) is 13.9. The van der Waals surface area contributed by atoms with E-state index in [1.165, 1.54) is 6.08 Å². The van der Waals surface area contributed by atoms with E-state index in [9.17, 15) is 13.2 Å². The van der Waals surface area contributed by atoms with Crippen LogP contribution in [0.4, 0.5) is 11.4 Å². The molecule has 0 aliphatic rings. The molecule has 0 bridgehead atoms. The molecule has 0 aliphatic carbocycles. The third-order valence-corrected chi connectivity index (χ3v) is 3.61. The second kappa shape index (κ2) is 7.30. The molecule has 0 fully saturated rings. The predicted octanol–water partition coefficient (Wildman–Crippen LogP) is 3.36. The molecule has 0 radical (unpaired) electrons. The second-order valence-corrected chi connectivity index (χ2v) is 7.01. The van der Waals surface area contributed by atoms with Crippen LogP contribution in [0.1, 0.15) is 5.56 Å². The lowest BCUT2D eigenvalue weighted by molar-refractivity contribution is -0.111. The van der Waals surface area contributed by atoms with Crippen molar-refractivity contribution in [3.8, 4) is 0 Å². The van der Waals surface area contributed by atoms with Crippen molar-refractivity contribution in [2.24, 2.45) is 0 Å². The van der Waals surface area contributed by atoms with Gasteiger partial charge in [-0.2, -0.15) is 0 Å². The normalized spacial score (nSPS) is 11.4. The molecule has 0 unspecified atom stereocenters. The zero-order valence-electron chi connectivity index (χ0n) is 12.3. The monoisotopic (exact) mass is 350 g/mol. The molecule has 2 aromatic rings. The van der Waals surface area contributed by atoms with Gasteiger partial charge in [-0.15, -0.1) is 0 Å². The van der Waals surface area contributed by atoms with E-state index in [1.54, 1.807) is 54.6 Å². The number of halogens is 1. The zero-order chi connectivity index (χ0) is 16.9. The van der Waals surface area contributed by atoms with Crippen LogP contribution < -0.4 is 10.0 Å². The molecule has 0 aromatic heterocycles. The molecule has 5 nitrogen and oxygen atoms in total. The highest BCUT2D eigenvalue weighted by molar-refractivity contribution is 7.92. The van der Waals surface area contributed by atoms with Crippen molar-refractivity contribution in [2.45, 2.75) is 0 Å². The average Bonchev–Trinajstić information content (AvgIpc) is 2.47. The summed E-state index contributed by atoms with van der Waals surface area (Å²) in [4.78, 5) is 11.8. The lowest BCUT2D eigenvalue weighted by Crippen LogP contribution is -2.09. The molecule has 2 N–H and O–H groups in total. The van der Waals surface area contributed by atoms with Crippen molar-refractivity contribution in [1.82, 2.24) is 0 Å². The van der Waals surface area contributed by atoms with Gasteiger partial charge in [0.2, 0.25) is 15.9 Å². The predicted molar refractivity (Wildman–Crippen MR) is 94.0 cm³/mol. The number of hydrogen-bond donors (Lipinski definition) is 2. The SMILES string of the molecule is CS(=O)(=O)Nc1ccc(/C=C/C(=O)Nc2ccc(Cl)cc2)cc1. The molecule has 0 saturated carbocycles. The van der Waals surface area contributed by atoms with Crippen molar-refractivity contribution in [1.29, 1.82) is 0 Å². The lowest BCUT2D eigenvalue weighted by atomic mass is 10.2. The number of carbonyl (C=O) groups excluding carboxylic acids is 1. The topological polar surface area (TPSA) is 75.3 Å². The summed E-state index contributed by atoms with van der Waals surface area (Å²) in [7, 11) is -3.29. The first kappa shape index (κ1) is 17.1. The Morgan fingerprint density at radius 1 is 1.00 bits per heavy atom. The molecular formula is C16H15ClN2O3S. The number of hydrogen-bond acceptors (Lipinski definition) is 3. The second-order valence-electron chi connectivity index (χ2n) is 4.83. The molecule has 23 heavy (non-hydrogen) atoms. The van der Waals surface area contributed by atoms with Gasteiger partial charge >= 0.3 is 0 Å². The van der Waals surface area contributed by atoms with E-state index in [2.05, 4.69) is 10.0 Å². The molecule has 2 rings (SSSR count). The Morgan fingerprint density at radius 2 is 1.57 bits per heavy atom. The molecular weight excluding hydrogens is 336 g/mol. The van der Waals surface area contributed by atoms with E-state index < -0.39 is 10.0 Å². The van der Waals surface area contributed by atoms with Crippen LogP contribution in [-0.4, -0.2) is 20.6 Å². The fourth-order valence-electron chi connectivity index (χ4n) is 1.77. The van der Waals surface area contributed by atoms with E-state index in [0.29, 0.717) is 16.4 Å². The van der Waals surface area contributed by atoms with Gasteiger partial charge in [-0.3, -0.25) is 9.52 Å². The molecule has 0 atom stereocenters. The Hall–Kier alpha value is -2.31. The molecule has 2 aromatic carbocycles. The van der Waals surface area contributed by atoms with Gasteiger partial charge in [-0.25, -0.2) is 8.42 Å². The Labute approximate surface area is 140 Å². The first-order valence-corrected chi connectivity index (χ1v) is 8.91. The minimum atomic E-state index is -3.29. The van der Waals surface area contributed by atoms with Crippen LogP contribution in [0, 0.1) is 0 Å². The summed E-state index contributed by atoms with van der Waals surface area (Å²) in [6.45, 7) is 0. The fourth-order valence-corrected chi connectivity index (χ4v) is 2.46. The Balaban J connectivity index is 1.96. The molecule has 0 saturated heterocycles. The average molecular weight is 351 g/mol. The van der Waals surface area contributed by atoms with E-state index in [0.717, 1.165) is 11.8 Å². The highest BCUT2D eigenvalue weighted by Gasteiger charge is 2.01. The van der Waals surface area contributed by atoms with Crippen LogP contribution in [-0.2, 0) is 14.8 Å². The van der Waals surface area contributed by atoms with Gasteiger partial charge in [-0.1, -0.05) is 23.7 Å². The fraction of sp³-hybridized carbons (Fsp3) is 0.0625. The first-order chi connectivity index (χ1) is 10.8. The summed E-state index contributed by atoms with van der Waals surface area (Å²) in [6, 6.07) is 13.5. The first-order valence-electron chi connectivity index (χ1n) is 6.64. The van der Waals surface area contributed by atoms with Crippen LogP contribution >= 0.6 is 11.6 Å². The lowest BCUT2D eigenvalue weighted by Gasteiger charge is -2.04. The molecule has 0 spiro atoms. The van der Waals surface area contributed by atoms with Crippen molar-refractivity contribution in [3.05, 3.63) is 65.2 Å². The van der Waals surface area contributed by atoms with Gasteiger partial charge in [-0.05, 0) is 48.0 Å². The number of amides is 1. The van der Waals surface area contributed by atoms with Gasteiger partial charge in [0.25, 0.3) is 0 Å². The standard InChI is InChI=1S/C16H15ClN2O3S/c1-23(21,22)19-15-7-2-12(3-8-15)4-11-16(20)18-14-9-5-13(17)6-10-14/h2-11,19H,1H3,(H,18,20)/b11-4+. The Kier molecular flexibility index (Phi) is 5.41. The third-order valence-electron chi connectivity index (χ3n) is 2.75. The molecule has 120 valence electrons. The van der Waals surface area contributed by atoms with Crippen molar-refractivity contribution >= 4 is 45.0 Å². The summed E-state index contributed by atoms with van der Waals surface area (Å²) < 4.78 is 24.6. The van der Waals surface area contributed by atoms with Crippen molar-refractivity contribution in [3.63, 3.8) is 0 Å². The minimum absolute atomic E-state index is 0.273. The number of benzene rings is 2. The van der Waals surface area contributed by atoms with E-state index in [1.807, 2.05) is 0 Å². The van der Waals surface area contributed by atoms with E-state index in [4.69, 9.17) is 11.6 Å². The van der Waals surface area contributed by atoms with Crippen LogP contribution in [0.3, 0.4) is 0 Å². The van der Waals surface area contributed by atoms with Gasteiger partial charge in [0.05, 0.1) is 6.26 Å². The van der Waals surface area contributed by atoms with Crippen LogP contribution in [0.15, 0.2) is 54.6 Å². The molecule has 0 heterocycles. The Morgan fingerprint density at radius 3 is 2.13 bits per heavy atom. The van der Waals surface area contributed by atoms with Crippen LogP contribution in [0.25, 0.3) is 6.08 Å². The Bertz CT molecular complexity index is 813. The maximum absolute atomic E-state index is 11.8. The van der Waals surface area contributed by atoms with E-state index >= 15 is 0 Å². The van der Waals surface area contributed by atoms with Gasteiger partial charge in [0, 0.05) is 22.5 Å². The van der Waals surface area contributed by atoms with E-state index in [-0.39, 0.29) is 5.91 Å². The summed E-state index contributed by atoms with van der Waals surface area (Å²) in [5.74, 6) is -0.273. The summed E-state index contributed by atoms with van der Waals surface area (Å²) in [5, 5.41) is 3.30. The number of sulfonamides is 1. The quantitative estimate of drug-likeness (QED) is 0.812. The highest BCUT2D eigenvalue weighted by Crippen LogP contribution is 2.14.